The first kappa shape index (κ1) is 14.2. The molecule has 2 rings (SSSR count). The van der Waals surface area contributed by atoms with E-state index >= 15 is 0 Å². The summed E-state index contributed by atoms with van der Waals surface area (Å²) in [5.74, 6) is -0.662. The van der Waals surface area contributed by atoms with Crippen molar-refractivity contribution in [1.29, 1.82) is 0 Å². The van der Waals surface area contributed by atoms with Crippen molar-refractivity contribution in [2.24, 2.45) is 0 Å². The van der Waals surface area contributed by atoms with E-state index in [0.717, 1.165) is 14.6 Å². The first-order valence-electron chi connectivity index (χ1n) is 5.56. The summed E-state index contributed by atoms with van der Waals surface area (Å²) in [6.45, 7) is 3.88. The number of rotatable bonds is 3. The number of benzene rings is 1. The number of aromatic carboxylic acids is 1. The van der Waals surface area contributed by atoms with Gasteiger partial charge in [-0.2, -0.15) is 0 Å². The molecule has 0 amide bonds. The zero-order chi connectivity index (χ0) is 14.2. The van der Waals surface area contributed by atoms with Gasteiger partial charge in [0.05, 0.1) is 5.69 Å². The molecule has 0 aliphatic rings. The van der Waals surface area contributed by atoms with Gasteiger partial charge >= 0.3 is 5.97 Å². The number of nitrogens with zero attached hydrogens (tertiary/aromatic N) is 3. The lowest BCUT2D eigenvalue weighted by Crippen LogP contribution is -2.06. The minimum atomic E-state index is -1.13. The maximum atomic E-state index is 11.0. The van der Waals surface area contributed by atoms with E-state index in [2.05, 4.69) is 41.9 Å². The molecular formula is C12H11Br2N3O2. The van der Waals surface area contributed by atoms with Crippen LogP contribution < -0.4 is 0 Å². The summed E-state index contributed by atoms with van der Waals surface area (Å²) in [5, 5.41) is 13.1. The molecule has 1 aromatic heterocycles. The largest absolute Gasteiger partial charge is 0.475 e. The van der Waals surface area contributed by atoms with Crippen molar-refractivity contribution in [2.45, 2.75) is 19.8 Å². The van der Waals surface area contributed by atoms with Gasteiger partial charge in [-0.3, -0.25) is 0 Å². The summed E-state index contributed by atoms with van der Waals surface area (Å²) in [5.41, 5.74) is 0.748. The number of halogens is 2. The van der Waals surface area contributed by atoms with Gasteiger partial charge in [-0.25, -0.2) is 14.5 Å². The van der Waals surface area contributed by atoms with Gasteiger partial charge in [0, 0.05) is 14.9 Å². The van der Waals surface area contributed by atoms with Crippen LogP contribution in [0.25, 0.3) is 5.69 Å². The Hall–Kier alpha value is -1.21. The topological polar surface area (TPSA) is 68.0 Å². The van der Waals surface area contributed by atoms with Crippen LogP contribution in [-0.4, -0.2) is 25.8 Å². The normalized spacial score (nSPS) is 11.0. The zero-order valence-electron chi connectivity index (χ0n) is 10.3. The van der Waals surface area contributed by atoms with Crippen molar-refractivity contribution < 1.29 is 9.90 Å². The Labute approximate surface area is 126 Å². The van der Waals surface area contributed by atoms with Crippen LogP contribution in [-0.2, 0) is 0 Å². The van der Waals surface area contributed by atoms with Crippen molar-refractivity contribution in [3.8, 4) is 5.69 Å². The van der Waals surface area contributed by atoms with Crippen molar-refractivity contribution in [2.75, 3.05) is 0 Å². The van der Waals surface area contributed by atoms with Crippen molar-refractivity contribution >= 4 is 37.8 Å². The molecular weight excluding hydrogens is 378 g/mol. The Morgan fingerprint density at radius 3 is 2.63 bits per heavy atom. The molecule has 0 unspecified atom stereocenters. The van der Waals surface area contributed by atoms with Crippen LogP contribution in [0.5, 0.6) is 0 Å². The Morgan fingerprint density at radius 1 is 1.37 bits per heavy atom. The zero-order valence-corrected chi connectivity index (χ0v) is 13.4. The summed E-state index contributed by atoms with van der Waals surface area (Å²) in [6, 6.07) is 5.61. The Balaban J connectivity index is 2.66. The molecule has 1 heterocycles. The molecule has 0 aliphatic carbocycles. The number of carbonyl (C=O) groups is 1. The van der Waals surface area contributed by atoms with E-state index < -0.39 is 5.97 Å². The smallest absolute Gasteiger partial charge is 0.375 e. The maximum Gasteiger partial charge on any atom is 0.375 e. The highest BCUT2D eigenvalue weighted by Crippen LogP contribution is 2.27. The molecule has 19 heavy (non-hydrogen) atoms. The second-order valence-corrected chi connectivity index (χ2v) is 6.03. The van der Waals surface area contributed by atoms with Crippen molar-refractivity contribution in [3.05, 3.63) is 38.8 Å². The van der Waals surface area contributed by atoms with E-state index in [1.807, 2.05) is 32.0 Å². The minimum absolute atomic E-state index is 0.0616. The molecule has 2 aromatic rings. The first-order chi connectivity index (χ1) is 8.90. The lowest BCUT2D eigenvalue weighted by atomic mass is 10.2. The van der Waals surface area contributed by atoms with Crippen LogP contribution >= 0.6 is 31.9 Å². The van der Waals surface area contributed by atoms with Gasteiger partial charge < -0.3 is 5.11 Å². The highest BCUT2D eigenvalue weighted by Gasteiger charge is 2.19. The van der Waals surface area contributed by atoms with Crippen LogP contribution in [0.4, 0.5) is 0 Å². The quantitative estimate of drug-likeness (QED) is 0.871. The van der Waals surface area contributed by atoms with Gasteiger partial charge in [0.15, 0.2) is 0 Å². The monoisotopic (exact) mass is 387 g/mol. The van der Waals surface area contributed by atoms with E-state index in [9.17, 15) is 4.79 Å². The van der Waals surface area contributed by atoms with E-state index in [-0.39, 0.29) is 11.7 Å². The fourth-order valence-corrected chi connectivity index (χ4v) is 2.38. The minimum Gasteiger partial charge on any atom is -0.475 e. The van der Waals surface area contributed by atoms with Crippen LogP contribution in [0.15, 0.2) is 27.1 Å². The number of hydrogen-bond donors (Lipinski definition) is 1. The molecule has 5 nitrogen and oxygen atoms in total. The number of aromatic nitrogens is 3. The van der Waals surface area contributed by atoms with Gasteiger partial charge in [-0.1, -0.05) is 29.8 Å². The Morgan fingerprint density at radius 2 is 2.05 bits per heavy atom. The van der Waals surface area contributed by atoms with Crippen LogP contribution in [0.3, 0.4) is 0 Å². The van der Waals surface area contributed by atoms with E-state index in [1.165, 1.54) is 0 Å². The van der Waals surface area contributed by atoms with Gasteiger partial charge in [-0.15, -0.1) is 5.10 Å². The van der Waals surface area contributed by atoms with Gasteiger partial charge in [-0.05, 0) is 34.1 Å². The fourth-order valence-electron chi connectivity index (χ4n) is 1.61. The molecule has 0 bridgehead atoms. The Kier molecular flexibility index (Phi) is 4.05. The lowest BCUT2D eigenvalue weighted by Gasteiger charge is -2.10. The molecule has 0 fully saturated rings. The highest BCUT2D eigenvalue weighted by atomic mass is 79.9. The summed E-state index contributed by atoms with van der Waals surface area (Å²) in [7, 11) is 0. The average Bonchev–Trinajstić information content (AvgIpc) is 2.77. The van der Waals surface area contributed by atoms with Crippen molar-refractivity contribution in [1.82, 2.24) is 14.8 Å². The first-order valence-corrected chi connectivity index (χ1v) is 7.14. The van der Waals surface area contributed by atoms with E-state index in [0.29, 0.717) is 5.82 Å². The third-order valence-corrected chi connectivity index (χ3v) is 3.64. The summed E-state index contributed by atoms with van der Waals surface area (Å²) < 4.78 is 3.26. The molecule has 0 spiro atoms. The molecule has 100 valence electrons. The van der Waals surface area contributed by atoms with E-state index in [1.54, 1.807) is 4.68 Å². The number of carboxylic acids is 1. The molecule has 0 saturated heterocycles. The highest BCUT2D eigenvalue weighted by molar-refractivity contribution is 9.11. The molecule has 0 aliphatic heterocycles. The van der Waals surface area contributed by atoms with Gasteiger partial charge in [0.1, 0.15) is 5.82 Å². The van der Waals surface area contributed by atoms with E-state index in [4.69, 9.17) is 5.11 Å². The fraction of sp³-hybridized carbons (Fsp3) is 0.250. The second kappa shape index (κ2) is 5.42. The molecule has 1 aromatic carbocycles. The molecule has 0 atom stereocenters. The Bertz CT molecular complexity index is 638. The van der Waals surface area contributed by atoms with Crippen LogP contribution in [0.1, 0.15) is 36.2 Å². The summed E-state index contributed by atoms with van der Waals surface area (Å²) in [6.07, 6.45) is 0. The van der Waals surface area contributed by atoms with Crippen molar-refractivity contribution in [3.63, 3.8) is 0 Å². The predicted molar refractivity (Wildman–Crippen MR) is 77.8 cm³/mol. The predicted octanol–water partition coefficient (Wildman–Crippen LogP) is 3.61. The van der Waals surface area contributed by atoms with Crippen LogP contribution in [0.2, 0.25) is 0 Å². The molecule has 0 saturated carbocycles. The summed E-state index contributed by atoms with van der Waals surface area (Å²) >= 11 is 6.83. The molecule has 7 heteroatoms. The van der Waals surface area contributed by atoms with Crippen LogP contribution in [0, 0.1) is 0 Å². The second-order valence-electron chi connectivity index (χ2n) is 4.26. The third kappa shape index (κ3) is 2.87. The molecule has 1 N–H and O–H groups in total. The molecule has 0 radical (unpaired) electrons. The number of hydrogen-bond acceptors (Lipinski definition) is 3. The number of carboxylic acid groups (broad SMARTS) is 1. The third-order valence-electron chi connectivity index (χ3n) is 2.48. The van der Waals surface area contributed by atoms with Gasteiger partial charge in [0.2, 0.25) is 0 Å². The standard InChI is InChI=1S/C12H11Br2N3O2/c1-6(2)11-15-10(12(18)19)16-17(11)9-5-7(13)3-4-8(9)14/h3-6H,1-2H3,(H,18,19). The van der Waals surface area contributed by atoms with Gasteiger partial charge in [0.25, 0.3) is 5.82 Å². The average molecular weight is 389 g/mol. The summed E-state index contributed by atoms with van der Waals surface area (Å²) in [4.78, 5) is 15.1. The lowest BCUT2D eigenvalue weighted by molar-refractivity contribution is 0.0683. The maximum absolute atomic E-state index is 11.0. The SMILES string of the molecule is CC(C)c1nc(C(=O)O)nn1-c1cc(Br)ccc1Br.